The maximum atomic E-state index is 12.0. The SMILES string of the molecule is CCCCc1cc(COC)n(Cc2ccc(-c3ccccc3C(=O)OC)cc2)n1. The van der Waals surface area contributed by atoms with Gasteiger partial charge in [-0.05, 0) is 41.7 Å². The van der Waals surface area contributed by atoms with E-state index in [1.807, 2.05) is 35.0 Å². The number of nitrogens with zero attached hydrogens (tertiary/aromatic N) is 2. The quantitative estimate of drug-likeness (QED) is 0.487. The molecule has 0 unspecified atom stereocenters. The molecule has 0 amide bonds. The first-order chi connectivity index (χ1) is 14.2. The van der Waals surface area contributed by atoms with Crippen molar-refractivity contribution in [2.45, 2.75) is 39.3 Å². The summed E-state index contributed by atoms with van der Waals surface area (Å²) in [5, 5.41) is 4.77. The smallest absolute Gasteiger partial charge is 0.338 e. The van der Waals surface area contributed by atoms with E-state index < -0.39 is 0 Å². The summed E-state index contributed by atoms with van der Waals surface area (Å²) in [5.41, 5.74) is 5.76. The van der Waals surface area contributed by atoms with Gasteiger partial charge in [0.15, 0.2) is 0 Å². The molecule has 0 bridgehead atoms. The summed E-state index contributed by atoms with van der Waals surface area (Å²) in [6.45, 7) is 3.42. The lowest BCUT2D eigenvalue weighted by atomic mass is 9.99. The van der Waals surface area contributed by atoms with E-state index in [9.17, 15) is 4.79 Å². The fraction of sp³-hybridized carbons (Fsp3) is 0.333. The second-order valence-electron chi connectivity index (χ2n) is 7.06. The molecule has 5 heteroatoms. The zero-order valence-corrected chi connectivity index (χ0v) is 17.4. The van der Waals surface area contributed by atoms with E-state index in [-0.39, 0.29) is 5.97 Å². The number of benzene rings is 2. The van der Waals surface area contributed by atoms with Crippen molar-refractivity contribution in [3.05, 3.63) is 77.1 Å². The lowest BCUT2D eigenvalue weighted by molar-refractivity contribution is 0.0601. The minimum atomic E-state index is -0.329. The molecule has 2 aromatic carbocycles. The number of aromatic nitrogens is 2. The molecule has 1 heterocycles. The number of unbranched alkanes of at least 4 members (excludes halogenated alkanes) is 1. The normalized spacial score (nSPS) is 10.9. The molecule has 29 heavy (non-hydrogen) atoms. The van der Waals surface area contributed by atoms with Crippen LogP contribution in [-0.4, -0.2) is 30.0 Å². The molecule has 0 saturated heterocycles. The van der Waals surface area contributed by atoms with Crippen molar-refractivity contribution in [3.63, 3.8) is 0 Å². The number of carbonyl (C=O) groups is 1. The van der Waals surface area contributed by atoms with Crippen LogP contribution >= 0.6 is 0 Å². The summed E-state index contributed by atoms with van der Waals surface area (Å²) in [6, 6.07) is 17.9. The van der Waals surface area contributed by atoms with Gasteiger partial charge in [0.2, 0.25) is 0 Å². The molecule has 3 aromatic rings. The number of esters is 1. The molecule has 5 nitrogen and oxygen atoms in total. The Hall–Kier alpha value is -2.92. The second kappa shape index (κ2) is 10.0. The van der Waals surface area contributed by atoms with Gasteiger partial charge in [0.05, 0.1) is 37.2 Å². The highest BCUT2D eigenvalue weighted by Crippen LogP contribution is 2.25. The first-order valence-corrected chi connectivity index (χ1v) is 9.97. The van der Waals surface area contributed by atoms with Crippen molar-refractivity contribution < 1.29 is 14.3 Å². The van der Waals surface area contributed by atoms with Gasteiger partial charge in [0.1, 0.15) is 0 Å². The predicted molar refractivity (Wildman–Crippen MR) is 114 cm³/mol. The minimum absolute atomic E-state index is 0.329. The third-order valence-electron chi connectivity index (χ3n) is 4.92. The molecule has 0 N–H and O–H groups in total. The van der Waals surface area contributed by atoms with Crippen LogP contribution in [-0.2, 0) is 29.0 Å². The van der Waals surface area contributed by atoms with Gasteiger partial charge in [-0.2, -0.15) is 5.10 Å². The number of ether oxygens (including phenoxy) is 2. The standard InChI is InChI=1S/C24H28N2O3/c1-4-5-8-20-15-21(17-28-2)26(25-20)16-18-11-13-19(14-12-18)22-9-6-7-10-23(22)24(27)29-3/h6-7,9-15H,4-5,8,16-17H2,1-3H3. The van der Waals surface area contributed by atoms with Crippen molar-refractivity contribution in [1.29, 1.82) is 0 Å². The summed E-state index contributed by atoms with van der Waals surface area (Å²) in [6.07, 6.45) is 3.28. The van der Waals surface area contributed by atoms with Crippen LogP contribution < -0.4 is 0 Å². The Balaban J connectivity index is 1.81. The Bertz CT molecular complexity index is 945. The molecule has 0 aliphatic carbocycles. The molecule has 0 atom stereocenters. The van der Waals surface area contributed by atoms with Gasteiger partial charge in [-0.1, -0.05) is 55.8 Å². The molecule has 0 aliphatic rings. The molecule has 3 rings (SSSR count). The minimum Gasteiger partial charge on any atom is -0.465 e. The molecule has 1 aromatic heterocycles. The van der Waals surface area contributed by atoms with E-state index in [4.69, 9.17) is 14.6 Å². The van der Waals surface area contributed by atoms with Gasteiger partial charge in [-0.3, -0.25) is 4.68 Å². The molecule has 0 saturated carbocycles. The lowest BCUT2D eigenvalue weighted by Crippen LogP contribution is -2.07. The third-order valence-corrected chi connectivity index (χ3v) is 4.92. The summed E-state index contributed by atoms with van der Waals surface area (Å²) < 4.78 is 12.3. The monoisotopic (exact) mass is 392 g/mol. The van der Waals surface area contributed by atoms with Gasteiger partial charge in [-0.15, -0.1) is 0 Å². The Morgan fingerprint density at radius 3 is 2.52 bits per heavy atom. The number of methoxy groups -OCH3 is 2. The summed E-state index contributed by atoms with van der Waals surface area (Å²) in [5.74, 6) is -0.329. The van der Waals surface area contributed by atoms with Crippen LogP contribution in [0, 0.1) is 0 Å². The van der Waals surface area contributed by atoms with Gasteiger partial charge >= 0.3 is 5.97 Å². The second-order valence-corrected chi connectivity index (χ2v) is 7.06. The van der Waals surface area contributed by atoms with Crippen molar-refractivity contribution >= 4 is 5.97 Å². The fourth-order valence-electron chi connectivity index (χ4n) is 3.38. The van der Waals surface area contributed by atoms with Crippen molar-refractivity contribution in [3.8, 4) is 11.1 Å². The van der Waals surface area contributed by atoms with Crippen molar-refractivity contribution in [1.82, 2.24) is 9.78 Å². The van der Waals surface area contributed by atoms with E-state index in [1.54, 1.807) is 13.2 Å². The Morgan fingerprint density at radius 1 is 1.07 bits per heavy atom. The van der Waals surface area contributed by atoms with E-state index in [0.717, 1.165) is 47.3 Å². The van der Waals surface area contributed by atoms with Crippen LogP contribution in [0.2, 0.25) is 0 Å². The molecule has 0 spiro atoms. The van der Waals surface area contributed by atoms with Crippen LogP contribution in [0.5, 0.6) is 0 Å². The highest BCUT2D eigenvalue weighted by atomic mass is 16.5. The molecule has 0 fully saturated rings. The zero-order valence-electron chi connectivity index (χ0n) is 17.4. The molecule has 0 radical (unpaired) electrons. The molecule has 0 aliphatic heterocycles. The van der Waals surface area contributed by atoms with E-state index in [2.05, 4.69) is 25.1 Å². The maximum absolute atomic E-state index is 12.0. The topological polar surface area (TPSA) is 53.4 Å². The van der Waals surface area contributed by atoms with Crippen molar-refractivity contribution in [2.24, 2.45) is 0 Å². The number of hydrogen-bond acceptors (Lipinski definition) is 4. The van der Waals surface area contributed by atoms with E-state index in [1.165, 1.54) is 7.11 Å². The van der Waals surface area contributed by atoms with E-state index in [0.29, 0.717) is 18.7 Å². The Kier molecular flexibility index (Phi) is 7.19. The average Bonchev–Trinajstić information content (AvgIpc) is 3.13. The van der Waals surface area contributed by atoms with Crippen LogP contribution in [0.4, 0.5) is 0 Å². The molecule has 152 valence electrons. The highest BCUT2D eigenvalue weighted by Gasteiger charge is 2.13. The fourth-order valence-corrected chi connectivity index (χ4v) is 3.38. The largest absolute Gasteiger partial charge is 0.465 e. The molecular weight excluding hydrogens is 364 g/mol. The van der Waals surface area contributed by atoms with Crippen LogP contribution in [0.3, 0.4) is 0 Å². The van der Waals surface area contributed by atoms with Gasteiger partial charge < -0.3 is 9.47 Å². The van der Waals surface area contributed by atoms with Gasteiger partial charge in [0, 0.05) is 7.11 Å². The number of rotatable bonds is 9. The average molecular weight is 392 g/mol. The van der Waals surface area contributed by atoms with Crippen LogP contribution in [0.1, 0.15) is 47.1 Å². The maximum Gasteiger partial charge on any atom is 0.338 e. The first-order valence-electron chi connectivity index (χ1n) is 9.97. The lowest BCUT2D eigenvalue weighted by Gasteiger charge is -2.10. The predicted octanol–water partition coefficient (Wildman–Crippen LogP) is 4.87. The number of aryl methyl sites for hydroxylation is 1. The summed E-state index contributed by atoms with van der Waals surface area (Å²) in [4.78, 5) is 12.0. The van der Waals surface area contributed by atoms with E-state index >= 15 is 0 Å². The number of carbonyl (C=O) groups excluding carboxylic acids is 1. The Morgan fingerprint density at radius 2 is 1.83 bits per heavy atom. The summed E-state index contributed by atoms with van der Waals surface area (Å²) >= 11 is 0. The van der Waals surface area contributed by atoms with Gasteiger partial charge in [0.25, 0.3) is 0 Å². The first kappa shape index (κ1) is 20.8. The van der Waals surface area contributed by atoms with Crippen molar-refractivity contribution in [2.75, 3.05) is 14.2 Å². The van der Waals surface area contributed by atoms with Crippen LogP contribution in [0.25, 0.3) is 11.1 Å². The Labute approximate surface area is 172 Å². The highest BCUT2D eigenvalue weighted by molar-refractivity contribution is 5.97. The summed E-state index contributed by atoms with van der Waals surface area (Å²) in [7, 11) is 3.11. The molecular formula is C24H28N2O3. The number of hydrogen-bond donors (Lipinski definition) is 0. The van der Waals surface area contributed by atoms with Gasteiger partial charge in [-0.25, -0.2) is 4.79 Å². The third kappa shape index (κ3) is 5.12. The zero-order chi connectivity index (χ0) is 20.6. The van der Waals surface area contributed by atoms with Crippen LogP contribution in [0.15, 0.2) is 54.6 Å².